The summed E-state index contributed by atoms with van der Waals surface area (Å²) in [6.45, 7) is 2.90. The van der Waals surface area contributed by atoms with Crippen LogP contribution in [0.2, 0.25) is 0 Å². The quantitative estimate of drug-likeness (QED) is 0.883. The lowest BCUT2D eigenvalue weighted by Gasteiger charge is -2.43. The minimum Gasteiger partial charge on any atom is -0.490 e. The van der Waals surface area contributed by atoms with E-state index in [-0.39, 0.29) is 5.41 Å². The van der Waals surface area contributed by atoms with E-state index in [1.807, 2.05) is 0 Å². The number of aryl methyl sites for hydroxylation is 1. The molecule has 0 aliphatic heterocycles. The first-order chi connectivity index (χ1) is 8.73. The van der Waals surface area contributed by atoms with Crippen LogP contribution in [0.25, 0.3) is 0 Å². The fourth-order valence-electron chi connectivity index (χ4n) is 3.02. The second-order valence-electron chi connectivity index (χ2n) is 6.01. The average Bonchev–Trinajstić information content (AvgIpc) is 2.25. The van der Waals surface area contributed by atoms with Crippen LogP contribution in [-0.4, -0.2) is 12.6 Å². The number of hydrogen-bond acceptors (Lipinski definition) is 2. The van der Waals surface area contributed by atoms with E-state index in [4.69, 9.17) is 10.5 Å². The molecule has 0 saturated heterocycles. The van der Waals surface area contributed by atoms with Crippen molar-refractivity contribution in [2.75, 3.05) is 6.54 Å². The molecular formula is C16H23NO. The van der Waals surface area contributed by atoms with Crippen LogP contribution in [0.15, 0.2) is 18.2 Å². The Morgan fingerprint density at radius 2 is 2.06 bits per heavy atom. The molecule has 0 atom stereocenters. The van der Waals surface area contributed by atoms with Gasteiger partial charge in [-0.15, -0.1) is 0 Å². The predicted octanol–water partition coefficient (Wildman–Crippen LogP) is 3.31. The minimum absolute atomic E-state index is 0.200. The van der Waals surface area contributed by atoms with Gasteiger partial charge in [0, 0.05) is 17.5 Å². The lowest BCUT2D eigenvalue weighted by molar-refractivity contribution is 0.114. The second kappa shape index (κ2) is 4.58. The zero-order valence-electron chi connectivity index (χ0n) is 11.2. The van der Waals surface area contributed by atoms with E-state index in [0.29, 0.717) is 6.10 Å². The molecule has 2 aliphatic carbocycles. The van der Waals surface area contributed by atoms with Gasteiger partial charge >= 0.3 is 0 Å². The van der Waals surface area contributed by atoms with E-state index in [1.54, 1.807) is 0 Å². The van der Waals surface area contributed by atoms with Gasteiger partial charge in [-0.25, -0.2) is 0 Å². The predicted molar refractivity (Wildman–Crippen MR) is 74.0 cm³/mol. The number of nitrogens with two attached hydrogens (primary N) is 1. The number of rotatable bonds is 4. The molecule has 1 aromatic carbocycles. The normalized spacial score (nSPS) is 22.1. The van der Waals surface area contributed by atoms with Crippen molar-refractivity contribution in [1.29, 1.82) is 0 Å². The molecule has 18 heavy (non-hydrogen) atoms. The largest absolute Gasteiger partial charge is 0.490 e. The van der Waals surface area contributed by atoms with Crippen molar-refractivity contribution in [3.63, 3.8) is 0 Å². The Morgan fingerprint density at radius 1 is 1.28 bits per heavy atom. The number of hydrogen-bond donors (Lipinski definition) is 1. The van der Waals surface area contributed by atoms with Crippen LogP contribution in [0.3, 0.4) is 0 Å². The van der Waals surface area contributed by atoms with Gasteiger partial charge in [-0.2, -0.15) is 0 Å². The maximum atomic E-state index is 6.16. The van der Waals surface area contributed by atoms with Gasteiger partial charge in [-0.1, -0.05) is 24.1 Å². The molecule has 2 aliphatic rings. The fraction of sp³-hybridized carbons (Fsp3) is 0.625. The molecule has 98 valence electrons. The maximum absolute atomic E-state index is 6.16. The van der Waals surface area contributed by atoms with Gasteiger partial charge in [0.05, 0.1) is 6.10 Å². The van der Waals surface area contributed by atoms with Crippen LogP contribution in [0.5, 0.6) is 5.75 Å². The zero-order valence-corrected chi connectivity index (χ0v) is 11.2. The molecule has 0 aromatic heterocycles. The lowest BCUT2D eigenvalue weighted by Crippen LogP contribution is -2.42. The van der Waals surface area contributed by atoms with Crippen molar-refractivity contribution < 1.29 is 4.74 Å². The van der Waals surface area contributed by atoms with Gasteiger partial charge in [0.2, 0.25) is 0 Å². The summed E-state index contributed by atoms with van der Waals surface area (Å²) >= 11 is 0. The first-order valence-corrected chi connectivity index (χ1v) is 7.21. The van der Waals surface area contributed by atoms with E-state index >= 15 is 0 Å². The van der Waals surface area contributed by atoms with Crippen LogP contribution in [0.1, 0.15) is 49.7 Å². The van der Waals surface area contributed by atoms with Gasteiger partial charge in [-0.3, -0.25) is 0 Å². The molecule has 2 heteroatoms. The van der Waals surface area contributed by atoms with E-state index in [0.717, 1.165) is 12.3 Å². The molecule has 1 aromatic rings. The Labute approximate surface area is 110 Å². The third-order valence-corrected chi connectivity index (χ3v) is 4.75. The smallest absolute Gasteiger partial charge is 0.123 e. The molecule has 0 radical (unpaired) electrons. The van der Waals surface area contributed by atoms with E-state index in [2.05, 4.69) is 25.1 Å². The number of ether oxygens (including phenoxy) is 1. The highest BCUT2D eigenvalue weighted by molar-refractivity contribution is 5.44. The summed E-state index contributed by atoms with van der Waals surface area (Å²) in [5.41, 5.74) is 8.92. The summed E-state index contributed by atoms with van der Waals surface area (Å²) in [6.07, 6.45) is 7.91. The molecule has 0 bridgehead atoms. The van der Waals surface area contributed by atoms with Gasteiger partial charge in [-0.05, 0) is 45.1 Å². The summed E-state index contributed by atoms with van der Waals surface area (Å²) in [5.74, 6) is 1.09. The van der Waals surface area contributed by atoms with Crippen LogP contribution >= 0.6 is 0 Å². The summed E-state index contributed by atoms with van der Waals surface area (Å²) in [5, 5.41) is 0. The Kier molecular flexibility index (Phi) is 3.06. The first kappa shape index (κ1) is 12.0. The standard InChI is InChI=1S/C16H23NO/c1-12-6-7-15(18-13-4-2-5-13)14(10-12)16(11-17)8-3-9-16/h6-7,10,13H,2-5,8-9,11,17H2,1H3. The molecule has 2 nitrogen and oxygen atoms in total. The van der Waals surface area contributed by atoms with Crippen molar-refractivity contribution in [1.82, 2.24) is 0 Å². The lowest BCUT2D eigenvalue weighted by atomic mass is 9.64. The molecule has 2 N–H and O–H groups in total. The zero-order chi connectivity index (χ0) is 12.6. The summed E-state index contributed by atoms with van der Waals surface area (Å²) in [6, 6.07) is 6.60. The molecular weight excluding hydrogens is 222 g/mol. The van der Waals surface area contributed by atoms with Crippen LogP contribution in [-0.2, 0) is 5.41 Å². The Hall–Kier alpha value is -1.02. The highest BCUT2D eigenvalue weighted by atomic mass is 16.5. The monoisotopic (exact) mass is 245 g/mol. The summed E-state index contributed by atoms with van der Waals surface area (Å²) in [7, 11) is 0. The summed E-state index contributed by atoms with van der Waals surface area (Å²) < 4.78 is 6.16. The third kappa shape index (κ3) is 1.93. The minimum atomic E-state index is 0.200. The van der Waals surface area contributed by atoms with E-state index < -0.39 is 0 Å². The molecule has 0 amide bonds. The highest BCUT2D eigenvalue weighted by Gasteiger charge is 2.40. The van der Waals surface area contributed by atoms with E-state index in [9.17, 15) is 0 Å². The van der Waals surface area contributed by atoms with Crippen LogP contribution < -0.4 is 10.5 Å². The second-order valence-corrected chi connectivity index (χ2v) is 6.01. The average molecular weight is 245 g/mol. The highest BCUT2D eigenvalue weighted by Crippen LogP contribution is 2.47. The van der Waals surface area contributed by atoms with Gasteiger partial charge in [0.1, 0.15) is 5.75 Å². The molecule has 3 rings (SSSR count). The Morgan fingerprint density at radius 3 is 2.56 bits per heavy atom. The molecule has 2 fully saturated rings. The Balaban J connectivity index is 1.91. The van der Waals surface area contributed by atoms with Crippen molar-refractivity contribution in [2.24, 2.45) is 5.73 Å². The molecule has 0 unspecified atom stereocenters. The van der Waals surface area contributed by atoms with Crippen molar-refractivity contribution in [2.45, 2.75) is 57.0 Å². The van der Waals surface area contributed by atoms with Crippen molar-refractivity contribution >= 4 is 0 Å². The Bertz CT molecular complexity index is 427. The van der Waals surface area contributed by atoms with Crippen LogP contribution in [0, 0.1) is 6.92 Å². The fourth-order valence-corrected chi connectivity index (χ4v) is 3.02. The topological polar surface area (TPSA) is 35.2 Å². The first-order valence-electron chi connectivity index (χ1n) is 7.21. The van der Waals surface area contributed by atoms with Crippen LogP contribution in [0.4, 0.5) is 0 Å². The van der Waals surface area contributed by atoms with Crippen molar-refractivity contribution in [3.05, 3.63) is 29.3 Å². The van der Waals surface area contributed by atoms with Crippen molar-refractivity contribution in [3.8, 4) is 5.75 Å². The van der Waals surface area contributed by atoms with Gasteiger partial charge < -0.3 is 10.5 Å². The third-order valence-electron chi connectivity index (χ3n) is 4.75. The van der Waals surface area contributed by atoms with Gasteiger partial charge in [0.25, 0.3) is 0 Å². The molecule has 0 heterocycles. The van der Waals surface area contributed by atoms with Gasteiger partial charge in [0.15, 0.2) is 0 Å². The summed E-state index contributed by atoms with van der Waals surface area (Å²) in [4.78, 5) is 0. The van der Waals surface area contributed by atoms with E-state index in [1.165, 1.54) is 49.7 Å². The number of benzene rings is 1. The maximum Gasteiger partial charge on any atom is 0.123 e. The molecule has 2 saturated carbocycles. The SMILES string of the molecule is Cc1ccc(OC2CCC2)c(C2(CN)CCC2)c1. The molecule has 0 spiro atoms.